The van der Waals surface area contributed by atoms with E-state index in [1.54, 1.807) is 11.3 Å². The van der Waals surface area contributed by atoms with E-state index in [9.17, 15) is 25.2 Å². The van der Waals surface area contributed by atoms with Gasteiger partial charge in [-0.1, -0.05) is 74.5 Å². The Morgan fingerprint density at radius 3 is 2.47 bits per heavy atom. The molecule has 2 bridgehead atoms. The van der Waals surface area contributed by atoms with Crippen molar-refractivity contribution in [1.82, 2.24) is 4.90 Å². The Bertz CT molecular complexity index is 1840. The summed E-state index contributed by atoms with van der Waals surface area (Å²) in [7, 11) is 0. The molecule has 49 heavy (non-hydrogen) atoms. The molecule has 4 N–H and O–H groups in total. The minimum atomic E-state index is -1.06. The summed E-state index contributed by atoms with van der Waals surface area (Å²) in [6, 6.07) is 18.6. The van der Waals surface area contributed by atoms with Crippen molar-refractivity contribution in [2.24, 2.45) is 33.5 Å². The Labute approximate surface area is 294 Å². The Balaban J connectivity index is 1.19. The summed E-state index contributed by atoms with van der Waals surface area (Å²) < 4.78 is 0. The van der Waals surface area contributed by atoms with Crippen LogP contribution >= 0.6 is 11.3 Å². The number of nitrogens with zero attached hydrogens (tertiary/aromatic N) is 1. The van der Waals surface area contributed by atoms with Gasteiger partial charge in [0, 0.05) is 46.3 Å². The molecule has 3 saturated carbocycles. The lowest BCUT2D eigenvalue weighted by atomic mass is 9.32. The molecule has 9 rings (SSSR count). The smallest absolute Gasteiger partial charge is 0.199 e. The number of aliphatic hydroxyl groups excluding tert-OH is 3. The number of benzene rings is 2. The number of carbonyl (C=O) groups is 1. The molecule has 2 aromatic carbocycles. The van der Waals surface area contributed by atoms with Crippen molar-refractivity contribution >= 4 is 27.9 Å². The number of hydrogen-bond donors (Lipinski definition) is 4. The average molecular weight is 682 g/mol. The van der Waals surface area contributed by atoms with Crippen LogP contribution in [0.15, 0.2) is 78.4 Å². The van der Waals surface area contributed by atoms with Gasteiger partial charge < -0.3 is 20.4 Å². The van der Waals surface area contributed by atoms with Gasteiger partial charge in [0.15, 0.2) is 5.78 Å². The van der Waals surface area contributed by atoms with Crippen molar-refractivity contribution in [2.45, 2.75) is 90.1 Å². The van der Waals surface area contributed by atoms with Crippen LogP contribution in [-0.4, -0.2) is 68.6 Å². The molecule has 7 heteroatoms. The molecular weight excluding hydrogens is 631 g/mol. The fraction of sp³-hybridized carbons (Fsp3) is 0.548. The van der Waals surface area contributed by atoms with Crippen molar-refractivity contribution < 1.29 is 25.2 Å². The molecule has 1 aromatic heterocycles. The van der Waals surface area contributed by atoms with E-state index in [1.807, 2.05) is 31.2 Å². The number of aliphatic hydroxyl groups is 4. The Morgan fingerprint density at radius 2 is 1.69 bits per heavy atom. The summed E-state index contributed by atoms with van der Waals surface area (Å²) in [5.41, 5.74) is -0.470. The fourth-order valence-electron chi connectivity index (χ4n) is 11.9. The van der Waals surface area contributed by atoms with Crippen LogP contribution in [-0.2, 0) is 6.54 Å². The van der Waals surface area contributed by atoms with Gasteiger partial charge in [0.05, 0.1) is 29.3 Å². The monoisotopic (exact) mass is 681 g/mol. The number of Topliss-reactive ketones (excluding diaryl/α,β-unsaturated/α-hetero) is 1. The molecule has 1 unspecified atom stereocenters. The van der Waals surface area contributed by atoms with Crippen LogP contribution in [0.3, 0.4) is 0 Å². The van der Waals surface area contributed by atoms with E-state index >= 15 is 0 Å². The van der Waals surface area contributed by atoms with Crippen LogP contribution in [0.1, 0.15) is 78.9 Å². The highest BCUT2D eigenvalue weighted by Crippen LogP contribution is 2.78. The summed E-state index contributed by atoms with van der Waals surface area (Å²) in [4.78, 5) is 18.8. The quantitative estimate of drug-likeness (QED) is 0.146. The minimum Gasteiger partial charge on any atom is -0.394 e. The highest BCUT2D eigenvalue weighted by Gasteiger charge is 2.74. The zero-order valence-electron chi connectivity index (χ0n) is 29.1. The van der Waals surface area contributed by atoms with Crippen LogP contribution < -0.4 is 0 Å². The number of carbonyl (C=O) groups excluding carboxylic acids is 1. The maximum atomic E-state index is 14.7. The maximum absolute atomic E-state index is 14.7. The Hall–Kier alpha value is -2.65. The van der Waals surface area contributed by atoms with Gasteiger partial charge in [-0.15, -0.1) is 11.3 Å². The highest BCUT2D eigenvalue weighted by atomic mass is 32.1. The van der Waals surface area contributed by atoms with E-state index in [1.165, 1.54) is 0 Å². The highest BCUT2D eigenvalue weighted by molar-refractivity contribution is 7.14. The van der Waals surface area contributed by atoms with E-state index in [0.717, 1.165) is 63.8 Å². The second-order valence-corrected chi connectivity index (χ2v) is 18.0. The standard InChI is InChI=1S/C42H51NO5S/c1-27-11-12-34(49-27)37(47)33-22-40-19-20-42(33)35(38(40,2)16-13-30(45)21-40)14-17-39(3)36(42)15-18-41(39,48)26-43(24-31(46)25-44)23-29-9-6-8-28-7-4-5-10-32(28)29/h4-12,19-20,22,30-31,35-36,44-46,48H,13-18,21,23-26H2,1-3H3/t30?,31-,35+,36+,38+,39-,40-,41+,42+/m0/s1. The van der Waals surface area contributed by atoms with E-state index in [4.69, 9.17) is 0 Å². The van der Waals surface area contributed by atoms with Gasteiger partial charge in [0.2, 0.25) is 0 Å². The SMILES string of the molecule is Cc1ccc(C(=O)C2=C[C@@]34C=C[C@@]25[C@@H]2CC[C@@](O)(CN(Cc6cccc7ccccc67)C[C@H](O)CO)[C@@]2(C)CC[C@@H]5[C@@]3(C)CCC(O)C4)s1. The Kier molecular flexibility index (Phi) is 7.99. The summed E-state index contributed by atoms with van der Waals surface area (Å²) >= 11 is 1.56. The predicted molar refractivity (Wildman–Crippen MR) is 194 cm³/mol. The third-order valence-electron chi connectivity index (χ3n) is 14.4. The van der Waals surface area contributed by atoms with Gasteiger partial charge in [0.25, 0.3) is 0 Å². The van der Waals surface area contributed by atoms with Crippen molar-refractivity contribution in [3.05, 3.63) is 93.7 Å². The van der Waals surface area contributed by atoms with Gasteiger partial charge in [-0.05, 0) is 97.6 Å². The molecule has 0 saturated heterocycles. The molecule has 3 fully saturated rings. The van der Waals surface area contributed by atoms with Crippen LogP contribution in [0, 0.1) is 40.4 Å². The van der Waals surface area contributed by atoms with Crippen molar-refractivity contribution in [3.8, 4) is 0 Å². The van der Waals surface area contributed by atoms with Crippen LogP contribution in [0.25, 0.3) is 10.8 Å². The second-order valence-electron chi connectivity index (χ2n) is 16.7. The molecule has 3 aromatic rings. The van der Waals surface area contributed by atoms with Crippen molar-refractivity contribution in [3.63, 3.8) is 0 Å². The molecule has 2 spiro atoms. The zero-order valence-corrected chi connectivity index (χ0v) is 29.9. The normalized spacial score (nSPS) is 38.3. The van der Waals surface area contributed by atoms with Gasteiger partial charge in [-0.25, -0.2) is 0 Å². The molecule has 1 heterocycles. The maximum Gasteiger partial charge on any atom is 0.199 e. The van der Waals surface area contributed by atoms with Crippen molar-refractivity contribution in [1.29, 1.82) is 0 Å². The molecule has 0 amide bonds. The molecule has 260 valence electrons. The zero-order chi connectivity index (χ0) is 34.4. The van der Waals surface area contributed by atoms with Gasteiger partial charge in [0.1, 0.15) is 0 Å². The lowest BCUT2D eigenvalue weighted by molar-refractivity contribution is -0.177. The summed E-state index contributed by atoms with van der Waals surface area (Å²) in [6.45, 7) is 7.55. The van der Waals surface area contributed by atoms with E-state index < -0.39 is 22.5 Å². The number of allylic oxidation sites excluding steroid dienone is 4. The first-order chi connectivity index (χ1) is 23.4. The molecule has 6 aliphatic carbocycles. The van der Waals surface area contributed by atoms with Crippen LogP contribution in [0.5, 0.6) is 0 Å². The number of fused-ring (bicyclic) bond motifs is 2. The first-order valence-electron chi connectivity index (χ1n) is 18.3. The van der Waals surface area contributed by atoms with Gasteiger partial charge in [-0.3, -0.25) is 9.69 Å². The molecule has 6 aliphatic rings. The van der Waals surface area contributed by atoms with Gasteiger partial charge >= 0.3 is 0 Å². The summed E-state index contributed by atoms with van der Waals surface area (Å²) in [6.07, 6.45) is 11.2. The van der Waals surface area contributed by atoms with E-state index in [0.29, 0.717) is 25.9 Å². The number of ketones is 1. The average Bonchev–Trinajstić information content (AvgIpc) is 3.64. The molecule has 9 atom stereocenters. The number of thiophene rings is 1. The largest absolute Gasteiger partial charge is 0.394 e. The number of rotatable bonds is 9. The molecule has 6 nitrogen and oxygen atoms in total. The number of hydrogen-bond acceptors (Lipinski definition) is 7. The second kappa shape index (κ2) is 11.7. The first-order valence-corrected chi connectivity index (χ1v) is 19.1. The summed E-state index contributed by atoms with van der Waals surface area (Å²) in [5, 5.41) is 46.9. The summed E-state index contributed by atoms with van der Waals surface area (Å²) in [5.74, 6) is 0.406. The molecule has 0 radical (unpaired) electrons. The predicted octanol–water partition coefficient (Wildman–Crippen LogP) is 6.84. The Morgan fingerprint density at radius 1 is 0.959 bits per heavy atom. The molecular formula is C42H51NO5S. The van der Waals surface area contributed by atoms with Crippen LogP contribution in [0.2, 0.25) is 0 Å². The van der Waals surface area contributed by atoms with E-state index in [-0.39, 0.29) is 47.7 Å². The van der Waals surface area contributed by atoms with E-state index in [2.05, 4.69) is 67.3 Å². The third-order valence-corrected chi connectivity index (χ3v) is 15.4. The minimum absolute atomic E-state index is 0.0559. The lowest BCUT2D eigenvalue weighted by Crippen LogP contribution is -2.67. The third kappa shape index (κ3) is 4.79. The van der Waals surface area contributed by atoms with Crippen molar-refractivity contribution in [2.75, 3.05) is 19.7 Å². The topological polar surface area (TPSA) is 101 Å². The first kappa shape index (κ1) is 33.5. The molecule has 0 aliphatic heterocycles. The lowest BCUT2D eigenvalue weighted by Gasteiger charge is -2.71. The fourth-order valence-corrected chi connectivity index (χ4v) is 12.7. The van der Waals surface area contributed by atoms with Gasteiger partial charge in [-0.2, -0.15) is 0 Å². The van der Waals surface area contributed by atoms with Crippen LogP contribution in [0.4, 0.5) is 0 Å². The number of aryl methyl sites for hydroxylation is 1.